The molecule has 234 valence electrons. The largest absolute Gasteiger partial charge is 0.359 e. The number of rotatable bonds is 12. The third-order valence-electron chi connectivity index (χ3n) is 9.78. The number of hydrogen-bond acceptors (Lipinski definition) is 6. The van der Waals surface area contributed by atoms with E-state index >= 15 is 0 Å². The minimum absolute atomic E-state index is 0.107. The molecule has 3 amide bonds. The van der Waals surface area contributed by atoms with E-state index < -0.39 is 29.6 Å². The number of carbonyl (C=O) groups excluding carboxylic acids is 3. The molecule has 8 nitrogen and oxygen atoms in total. The molecule has 3 unspecified atom stereocenters. The molecule has 0 radical (unpaired) electrons. The van der Waals surface area contributed by atoms with Crippen molar-refractivity contribution in [3.63, 3.8) is 0 Å². The second-order valence-electron chi connectivity index (χ2n) is 12.5. The fraction of sp³-hybridized carbons (Fsp3) is 0.514. The van der Waals surface area contributed by atoms with Crippen molar-refractivity contribution in [2.24, 2.45) is 11.8 Å². The minimum atomic E-state index is -1.14. The van der Waals surface area contributed by atoms with Crippen LogP contribution in [0.5, 0.6) is 0 Å². The second-order valence-corrected chi connectivity index (χ2v) is 13.4. The number of anilines is 1. The van der Waals surface area contributed by atoms with Gasteiger partial charge in [0.05, 0.1) is 17.9 Å². The Morgan fingerprint density at radius 1 is 1.07 bits per heavy atom. The molecule has 1 aliphatic carbocycles. The van der Waals surface area contributed by atoms with Crippen LogP contribution in [0, 0.1) is 11.8 Å². The lowest BCUT2D eigenvalue weighted by atomic mass is 9.74. The first-order chi connectivity index (χ1) is 21.4. The summed E-state index contributed by atoms with van der Waals surface area (Å²) in [5, 5.41) is 6.32. The first-order valence-corrected chi connectivity index (χ1v) is 17.3. The molecule has 0 aromatic heterocycles. The lowest BCUT2D eigenvalue weighted by molar-refractivity contribution is -0.141. The van der Waals surface area contributed by atoms with Crippen molar-refractivity contribution < 1.29 is 19.1 Å². The van der Waals surface area contributed by atoms with Crippen molar-refractivity contribution in [1.29, 1.82) is 0 Å². The molecule has 4 aliphatic rings. The summed E-state index contributed by atoms with van der Waals surface area (Å²) in [5.41, 5.74) is 0.796. The molecule has 2 saturated heterocycles. The molecule has 2 N–H and O–H groups in total. The summed E-state index contributed by atoms with van der Waals surface area (Å²) >= 11 is 1.60. The molecule has 2 bridgehead atoms. The highest BCUT2D eigenvalue weighted by molar-refractivity contribution is 7.98. The van der Waals surface area contributed by atoms with Crippen LogP contribution in [0.3, 0.4) is 0 Å². The average Bonchev–Trinajstić information content (AvgIpc) is 3.69. The highest BCUT2D eigenvalue weighted by Crippen LogP contribution is 2.55. The number of benzene rings is 2. The van der Waals surface area contributed by atoms with Gasteiger partial charge in [0.2, 0.25) is 17.7 Å². The lowest BCUT2D eigenvalue weighted by Crippen LogP contribution is -2.56. The topological polar surface area (TPSA) is 91.0 Å². The van der Waals surface area contributed by atoms with Gasteiger partial charge in [0.15, 0.2) is 0 Å². The monoisotopic (exact) mass is 616 g/mol. The summed E-state index contributed by atoms with van der Waals surface area (Å²) in [6.45, 7) is 5.07. The predicted molar refractivity (Wildman–Crippen MR) is 173 cm³/mol. The van der Waals surface area contributed by atoms with Gasteiger partial charge in [-0.3, -0.25) is 19.3 Å². The van der Waals surface area contributed by atoms with Crippen LogP contribution in [0.15, 0.2) is 71.6 Å². The minimum Gasteiger partial charge on any atom is -0.359 e. The zero-order valence-corrected chi connectivity index (χ0v) is 26.6. The van der Waals surface area contributed by atoms with Crippen LogP contribution in [0.1, 0.15) is 51.0 Å². The van der Waals surface area contributed by atoms with Gasteiger partial charge in [0.25, 0.3) is 0 Å². The van der Waals surface area contributed by atoms with Crippen LogP contribution in [-0.4, -0.2) is 77.2 Å². The zero-order chi connectivity index (χ0) is 30.7. The zero-order valence-electron chi connectivity index (χ0n) is 25.7. The Kier molecular flexibility index (Phi) is 9.45. The van der Waals surface area contributed by atoms with Crippen molar-refractivity contribution in [3.05, 3.63) is 72.3 Å². The lowest BCUT2D eigenvalue weighted by Gasteiger charge is -2.34. The number of thioether (sulfide) groups is 1. The normalized spacial score (nSPS) is 27.6. The molecule has 9 heteroatoms. The van der Waals surface area contributed by atoms with Gasteiger partial charge in [-0.25, -0.2) is 0 Å². The number of amides is 3. The number of ether oxygens (including phenoxy) is 1. The predicted octanol–water partition coefficient (Wildman–Crippen LogP) is 4.86. The molecule has 3 fully saturated rings. The van der Waals surface area contributed by atoms with Gasteiger partial charge in [-0.2, -0.15) is 0 Å². The van der Waals surface area contributed by atoms with E-state index in [4.69, 9.17) is 4.74 Å². The van der Waals surface area contributed by atoms with Crippen LogP contribution < -0.4 is 10.6 Å². The Balaban J connectivity index is 1.22. The van der Waals surface area contributed by atoms with E-state index in [1.807, 2.05) is 60.9 Å². The Hall–Kier alpha value is -3.14. The van der Waals surface area contributed by atoms with Gasteiger partial charge in [0.1, 0.15) is 11.6 Å². The molecule has 6 rings (SSSR count). The molecule has 3 heterocycles. The summed E-state index contributed by atoms with van der Waals surface area (Å²) < 4.78 is 6.54. The third-order valence-corrected chi connectivity index (χ3v) is 10.5. The molecule has 44 heavy (non-hydrogen) atoms. The van der Waals surface area contributed by atoms with Gasteiger partial charge in [-0.05, 0) is 55.8 Å². The van der Waals surface area contributed by atoms with Gasteiger partial charge in [-0.1, -0.05) is 74.7 Å². The molecule has 3 aliphatic heterocycles. The molecule has 1 saturated carbocycles. The average molecular weight is 617 g/mol. The van der Waals surface area contributed by atoms with E-state index in [2.05, 4.69) is 34.6 Å². The van der Waals surface area contributed by atoms with Crippen molar-refractivity contribution in [1.82, 2.24) is 15.1 Å². The van der Waals surface area contributed by atoms with E-state index in [0.717, 1.165) is 50.2 Å². The van der Waals surface area contributed by atoms with Crippen LogP contribution in [-0.2, 0) is 25.7 Å². The summed E-state index contributed by atoms with van der Waals surface area (Å²) in [5.74, 6) is -2.01. The van der Waals surface area contributed by atoms with Gasteiger partial charge in [-0.15, -0.1) is 11.8 Å². The first kappa shape index (κ1) is 30.9. The number of nitrogens with one attached hydrogen (secondary N) is 2. The van der Waals surface area contributed by atoms with Gasteiger partial charge >= 0.3 is 0 Å². The molecule has 1 spiro atoms. The maximum Gasteiger partial charge on any atom is 0.246 e. The van der Waals surface area contributed by atoms with Crippen molar-refractivity contribution in [2.75, 3.05) is 31.2 Å². The number of nitrogens with zero attached hydrogens (tertiary/aromatic N) is 2. The first-order valence-electron chi connectivity index (χ1n) is 16.1. The molecular formula is C35H44N4O4S. The number of fused-ring (bicyclic) bond motifs is 1. The number of hydrogen-bond donors (Lipinski definition) is 2. The van der Waals surface area contributed by atoms with Crippen molar-refractivity contribution >= 4 is 35.2 Å². The van der Waals surface area contributed by atoms with E-state index in [1.54, 1.807) is 16.7 Å². The quantitative estimate of drug-likeness (QED) is 0.262. The van der Waals surface area contributed by atoms with Crippen molar-refractivity contribution in [2.45, 2.75) is 80.7 Å². The molecule has 2 aromatic carbocycles. The van der Waals surface area contributed by atoms with E-state index in [0.29, 0.717) is 18.7 Å². The smallest absolute Gasteiger partial charge is 0.246 e. The number of carbonyl (C=O) groups is 3. The second kappa shape index (κ2) is 13.5. The fourth-order valence-electron chi connectivity index (χ4n) is 7.62. The van der Waals surface area contributed by atoms with Crippen LogP contribution in [0.2, 0.25) is 0 Å². The summed E-state index contributed by atoms with van der Waals surface area (Å²) in [6.07, 6.45) is 11.2. The van der Waals surface area contributed by atoms with E-state index in [1.165, 1.54) is 12.0 Å². The highest BCUT2D eigenvalue weighted by atomic mass is 32.2. The fourth-order valence-corrected chi connectivity index (χ4v) is 8.08. The molecule has 5 atom stereocenters. The van der Waals surface area contributed by atoms with Gasteiger partial charge in [0, 0.05) is 36.3 Å². The van der Waals surface area contributed by atoms with E-state index in [9.17, 15) is 14.4 Å². The Labute approximate surface area is 265 Å². The Morgan fingerprint density at radius 3 is 2.61 bits per heavy atom. The third kappa shape index (κ3) is 6.06. The maximum absolute atomic E-state index is 14.3. The Morgan fingerprint density at radius 2 is 1.86 bits per heavy atom. The summed E-state index contributed by atoms with van der Waals surface area (Å²) in [7, 11) is 0. The Bertz CT molecular complexity index is 1380. The standard InChI is InChI=1S/C35H44N4O4S/c1-3-38(23-24-12-6-4-7-13-24)20-11-21-39-31(33(41)36-25-14-8-5-9-15-25)35-19-18-28(43-35)29(30(35)34(39)42)32(40)37-26-16-10-17-27(22-26)44-2/h4,6-7,10,12-13,16-19,22,25,28-31H,3,5,8-9,11,14-15,20-21,23H2,1-2H3,(H,36,41)(H,37,40)/t28-,29?,30-,31?,35?/m1/s1. The summed E-state index contributed by atoms with van der Waals surface area (Å²) in [4.78, 5) is 47.3. The van der Waals surface area contributed by atoms with Crippen LogP contribution >= 0.6 is 11.8 Å². The highest BCUT2D eigenvalue weighted by Gasteiger charge is 2.72. The molecular weight excluding hydrogens is 572 g/mol. The van der Waals surface area contributed by atoms with Gasteiger partial charge < -0.3 is 20.3 Å². The summed E-state index contributed by atoms with van der Waals surface area (Å²) in [6, 6.07) is 17.4. The van der Waals surface area contributed by atoms with Crippen LogP contribution in [0.25, 0.3) is 0 Å². The van der Waals surface area contributed by atoms with Crippen LogP contribution in [0.4, 0.5) is 5.69 Å². The number of likely N-dealkylation sites (tertiary alicyclic amines) is 1. The van der Waals surface area contributed by atoms with E-state index in [-0.39, 0.29) is 23.8 Å². The maximum atomic E-state index is 14.3. The molecule has 2 aromatic rings. The van der Waals surface area contributed by atoms with Crippen molar-refractivity contribution in [3.8, 4) is 0 Å². The SMILES string of the molecule is CCN(CCCN1C(=O)[C@H]2C(C(=O)Nc3cccc(SC)c3)[C@H]3C=CC2(O3)C1C(=O)NC1CCCCC1)Cc1ccccc1.